The third-order valence-electron chi connectivity index (χ3n) is 12.6. The number of halogens is 11. The predicted octanol–water partition coefficient (Wildman–Crippen LogP) is 17.5. The molecule has 0 amide bonds. The molecule has 83 heavy (non-hydrogen) atoms. The van der Waals surface area contributed by atoms with E-state index in [1.165, 1.54) is 63.6 Å². The molecule has 2 aliphatic carbocycles. The fraction of sp³-hybridized carbons (Fsp3) is 0.222. The molecular formula is C63H68BBrCl2F8FeN2O2P2Pd. The molecule has 2 fully saturated rings. The van der Waals surface area contributed by atoms with Crippen LogP contribution in [0.5, 0.6) is 0 Å². The summed E-state index contributed by atoms with van der Waals surface area (Å²) in [5.41, 5.74) is 1.27. The van der Waals surface area contributed by atoms with E-state index in [0.717, 1.165) is 39.7 Å². The van der Waals surface area contributed by atoms with Gasteiger partial charge in [0.2, 0.25) is 0 Å². The number of rotatable bonds is 8. The smallest absolute Gasteiger partial charge is 0.0622 e. The summed E-state index contributed by atoms with van der Waals surface area (Å²) in [6.07, 6.45) is 5.13. The summed E-state index contributed by atoms with van der Waals surface area (Å²) in [5, 5.41) is 23.4. The van der Waals surface area contributed by atoms with Gasteiger partial charge in [0.1, 0.15) is 11.6 Å². The number of hydrogen-bond acceptors (Lipinski definition) is 4. The van der Waals surface area contributed by atoms with Crippen molar-refractivity contribution in [3.63, 3.8) is 0 Å². The SMILES string of the molecule is Cc1cc(-c2ccc(F)c(C(F)(F)F)c2)ccn1.Cc1cc(Br)ccn1.OB(O)c1ccc(F)c(C(F)(F)F)c1.[CH3-].[CH3-].[CH3-].[Cl][Pd][Cl].[Fe+2].c1ccc(P(c2ccccc2)C2CCCC2)cc1.c1ccc([PH+](c2ccccc2)C2CCCC2)cc1. The maximum atomic E-state index is 13.1. The third kappa shape index (κ3) is 25.9. The summed E-state index contributed by atoms with van der Waals surface area (Å²) in [4.78, 5) is 7.97. The molecule has 2 aromatic heterocycles. The first-order chi connectivity index (χ1) is 37.8. The molecule has 6 aromatic carbocycles. The fourth-order valence-corrected chi connectivity index (χ4v) is 15.9. The van der Waals surface area contributed by atoms with Crippen molar-refractivity contribution in [2.75, 3.05) is 0 Å². The van der Waals surface area contributed by atoms with Gasteiger partial charge in [-0.2, -0.15) is 26.3 Å². The molecule has 450 valence electrons. The van der Waals surface area contributed by atoms with E-state index in [9.17, 15) is 35.1 Å². The topological polar surface area (TPSA) is 66.2 Å². The molecule has 10 rings (SSSR count). The number of nitrogens with zero attached hydrogens (tertiary/aromatic N) is 2. The Morgan fingerprint density at radius 3 is 1.33 bits per heavy atom. The van der Waals surface area contributed by atoms with Crippen molar-refractivity contribution in [2.24, 2.45) is 0 Å². The largest absolute Gasteiger partial charge is 2.00 e. The molecule has 2 aliphatic rings. The number of benzene rings is 6. The molecule has 0 atom stereocenters. The van der Waals surface area contributed by atoms with Crippen molar-refractivity contribution < 1.29 is 78.2 Å². The maximum Gasteiger partial charge on any atom is 2.00 e. The molecule has 20 heteroatoms. The molecule has 0 spiro atoms. The Morgan fingerprint density at radius 2 is 0.928 bits per heavy atom. The Balaban J connectivity index is 0.000000516. The molecular weight excluding hydrogens is 1350 g/mol. The number of aromatic nitrogens is 2. The van der Waals surface area contributed by atoms with Gasteiger partial charge in [-0.05, 0) is 166 Å². The van der Waals surface area contributed by atoms with Crippen molar-refractivity contribution in [3.8, 4) is 11.1 Å². The first kappa shape index (κ1) is 77.2. The van der Waals surface area contributed by atoms with Crippen LogP contribution in [0.1, 0.15) is 73.9 Å². The van der Waals surface area contributed by atoms with Gasteiger partial charge in [0, 0.05) is 28.3 Å². The Labute approximate surface area is 524 Å². The van der Waals surface area contributed by atoms with Crippen LogP contribution >= 0.6 is 50.8 Å². The van der Waals surface area contributed by atoms with E-state index < -0.39 is 55.6 Å². The fourth-order valence-electron chi connectivity index (χ4n) is 9.08. The van der Waals surface area contributed by atoms with Crippen LogP contribution in [-0.2, 0) is 45.4 Å². The summed E-state index contributed by atoms with van der Waals surface area (Å²) in [7, 11) is 6.85. The number of pyridine rings is 2. The molecule has 8 aromatic rings. The zero-order valence-corrected chi connectivity index (χ0v) is 54.1. The van der Waals surface area contributed by atoms with Gasteiger partial charge in [-0.1, -0.05) is 138 Å². The van der Waals surface area contributed by atoms with Crippen LogP contribution in [-0.4, -0.2) is 38.5 Å². The molecule has 2 heterocycles. The Hall–Kier alpha value is -3.85. The summed E-state index contributed by atoms with van der Waals surface area (Å²) in [5.74, 6) is -2.71. The van der Waals surface area contributed by atoms with E-state index >= 15 is 0 Å². The Bertz CT molecular complexity index is 2840. The van der Waals surface area contributed by atoms with E-state index in [2.05, 4.69) is 147 Å². The van der Waals surface area contributed by atoms with Crippen molar-refractivity contribution in [3.05, 3.63) is 255 Å². The first-order valence-electron chi connectivity index (χ1n) is 25.1. The van der Waals surface area contributed by atoms with E-state index in [1.54, 1.807) is 46.5 Å². The van der Waals surface area contributed by atoms with Gasteiger partial charge >= 0.3 is 71.5 Å². The third-order valence-corrected chi connectivity index (χ3v) is 19.4. The summed E-state index contributed by atoms with van der Waals surface area (Å²) < 4.78 is 101. The normalized spacial score (nSPS) is 12.7. The molecule has 2 N–H and O–H groups in total. The van der Waals surface area contributed by atoms with Gasteiger partial charge in [-0.3, -0.25) is 9.97 Å². The average molecular weight is 1420 g/mol. The van der Waals surface area contributed by atoms with E-state index in [-0.39, 0.29) is 63.2 Å². The van der Waals surface area contributed by atoms with Crippen LogP contribution in [0.4, 0.5) is 35.1 Å². The summed E-state index contributed by atoms with van der Waals surface area (Å²) in [6.45, 7) is 3.70. The Morgan fingerprint density at radius 1 is 0.542 bits per heavy atom. The number of aryl methyl sites for hydroxylation is 2. The zero-order chi connectivity index (χ0) is 57.4. The molecule has 4 nitrogen and oxygen atoms in total. The van der Waals surface area contributed by atoms with Gasteiger partial charge in [0.05, 0.1) is 35.3 Å². The van der Waals surface area contributed by atoms with Gasteiger partial charge < -0.3 is 32.3 Å². The van der Waals surface area contributed by atoms with E-state index in [1.807, 2.05) is 19.1 Å². The standard InChI is InChI=1S/2C17H19P.C13H9F4N.C7H5BF4O2.C6H6BrN.3CH3.2ClH.Fe.Pd/c2*1-3-9-15(10-4-1)18(17-13-7-8-14-17)16-11-5-2-6-12-16;1-8-6-10(4-5-18-8)9-2-3-12(14)11(7-9)13(15,16)17;9-6-2-1-4(8(13)14)3-5(6)7(10,11)12;1-5-4-6(7)2-3-8-5;;;;;;;/h2*1-6,9-12,17H,7-8,13-14H2;2-7H,1H3;1-3,13-14H;2-4H,1H3;3*1H3;2*1H;;/q;;;;;3*-1;;;2*+2/p-1. The van der Waals surface area contributed by atoms with Crippen molar-refractivity contribution in [1.82, 2.24) is 9.97 Å². The van der Waals surface area contributed by atoms with Gasteiger partial charge in [-0.25, -0.2) is 8.78 Å². The zero-order valence-electron chi connectivity index (χ0n) is 46.4. The van der Waals surface area contributed by atoms with E-state index in [0.29, 0.717) is 29.0 Å². The van der Waals surface area contributed by atoms with Crippen LogP contribution < -0.4 is 26.7 Å². The van der Waals surface area contributed by atoms with Gasteiger partial charge in [0.25, 0.3) is 0 Å². The minimum Gasteiger partial charge on any atom is -0.0622 e. The second-order valence-electron chi connectivity index (χ2n) is 18.3. The van der Waals surface area contributed by atoms with Crippen molar-refractivity contribution in [1.29, 1.82) is 0 Å². The second-order valence-corrected chi connectivity index (χ2v) is 26.8. The van der Waals surface area contributed by atoms with Gasteiger partial charge in [-0.15, -0.1) is 0 Å². The van der Waals surface area contributed by atoms with Crippen LogP contribution in [0.2, 0.25) is 0 Å². The number of hydrogen-bond donors (Lipinski definition) is 2. The average Bonchev–Trinajstić information content (AvgIpc) is 4.39. The molecule has 0 bridgehead atoms. The van der Waals surface area contributed by atoms with Crippen molar-refractivity contribution in [2.45, 2.75) is 88.9 Å². The molecule has 0 radical (unpaired) electrons. The van der Waals surface area contributed by atoms with Crippen LogP contribution in [0.15, 0.2) is 199 Å². The first-order valence-corrected chi connectivity index (χ1v) is 32.9. The van der Waals surface area contributed by atoms with Crippen LogP contribution in [0.25, 0.3) is 11.1 Å². The van der Waals surface area contributed by atoms with Crippen LogP contribution in [0.3, 0.4) is 0 Å². The Kier molecular flexibility index (Phi) is 37.0. The number of alkyl halides is 6. The quantitative estimate of drug-likeness (QED) is 0.0689. The molecule has 2 saturated carbocycles. The molecule has 0 unspecified atom stereocenters. The monoisotopic (exact) mass is 1420 g/mol. The van der Waals surface area contributed by atoms with E-state index in [4.69, 9.17) is 29.1 Å². The maximum absolute atomic E-state index is 13.1. The predicted molar refractivity (Wildman–Crippen MR) is 332 cm³/mol. The molecule has 0 saturated heterocycles. The second kappa shape index (κ2) is 39.8. The minimum atomic E-state index is -4.84. The van der Waals surface area contributed by atoms with Gasteiger partial charge in [0.15, 0.2) is 0 Å². The minimum absolute atomic E-state index is 0. The van der Waals surface area contributed by atoms with Crippen LogP contribution in [0, 0.1) is 47.8 Å². The summed E-state index contributed by atoms with van der Waals surface area (Å²) >= 11 is 3.22. The summed E-state index contributed by atoms with van der Waals surface area (Å²) in [6, 6.07) is 56.4. The van der Waals surface area contributed by atoms with Crippen molar-refractivity contribution >= 4 is 84.6 Å². The molecule has 0 aliphatic heterocycles.